The summed E-state index contributed by atoms with van der Waals surface area (Å²) < 4.78 is 2.33. The largest absolute Gasteiger partial charge is 0.309 e. The van der Waals surface area contributed by atoms with E-state index in [0.29, 0.717) is 5.56 Å². The molecule has 9 aromatic carbocycles. The number of para-hydroxylation sites is 1. The maximum atomic E-state index is 10.0. The Morgan fingerprint density at radius 1 is 0.390 bits per heavy atom. The van der Waals surface area contributed by atoms with E-state index in [9.17, 15) is 5.26 Å². The number of hydrogen-bond acceptors (Lipinski definition) is 3. The van der Waals surface area contributed by atoms with Crippen LogP contribution in [0.2, 0.25) is 0 Å². The molecular formula is C55H32N4. The number of nitriles is 1. The van der Waals surface area contributed by atoms with Gasteiger partial charge in [0.05, 0.1) is 34.1 Å². The van der Waals surface area contributed by atoms with Crippen molar-refractivity contribution in [2.45, 2.75) is 0 Å². The van der Waals surface area contributed by atoms with Gasteiger partial charge in [0.2, 0.25) is 0 Å². The highest BCUT2D eigenvalue weighted by atomic mass is 15.0. The van der Waals surface area contributed by atoms with E-state index in [0.717, 1.165) is 61.3 Å². The van der Waals surface area contributed by atoms with Crippen molar-refractivity contribution in [2.24, 2.45) is 0 Å². The summed E-state index contributed by atoms with van der Waals surface area (Å²) in [5, 5.41) is 21.9. The van der Waals surface area contributed by atoms with Crippen LogP contribution < -0.4 is 0 Å². The molecule has 12 rings (SSSR count). The number of rotatable bonds is 5. The zero-order valence-electron chi connectivity index (χ0n) is 31.8. The predicted molar refractivity (Wildman–Crippen MR) is 244 cm³/mol. The van der Waals surface area contributed by atoms with Crippen LogP contribution in [-0.2, 0) is 0 Å². The summed E-state index contributed by atoms with van der Waals surface area (Å²) in [6.07, 6.45) is 3.70. The van der Waals surface area contributed by atoms with Crippen LogP contribution in [0.3, 0.4) is 0 Å². The van der Waals surface area contributed by atoms with Crippen molar-refractivity contribution in [1.82, 2.24) is 14.5 Å². The van der Waals surface area contributed by atoms with Crippen LogP contribution in [0.15, 0.2) is 194 Å². The van der Waals surface area contributed by atoms with E-state index in [1.54, 1.807) is 0 Å². The molecule has 59 heavy (non-hydrogen) atoms. The molecule has 0 saturated heterocycles. The second-order valence-electron chi connectivity index (χ2n) is 15.3. The smallest absolute Gasteiger partial charge is 0.0992 e. The first kappa shape index (κ1) is 33.1. The van der Waals surface area contributed by atoms with Gasteiger partial charge in [0.15, 0.2) is 0 Å². The van der Waals surface area contributed by atoms with Crippen LogP contribution >= 0.6 is 0 Å². The standard InChI is InChI=1S/C55H32N4/c56-33-34-24-35-20-21-36-26-38(30-53-55(36)54(35)52(25-34)59(53)41-12-2-1-3-13-41)47-32-49-44-16-6-4-14-42(44)46(31-48(49)45-17-7-5-15-43(45)47)37-27-39(50-18-8-10-22-57-50)29-40(28-37)51-19-9-11-23-58-51/h1-32H. The maximum Gasteiger partial charge on any atom is 0.0992 e. The Kier molecular flexibility index (Phi) is 7.26. The van der Waals surface area contributed by atoms with Gasteiger partial charge in [-0.1, -0.05) is 91.0 Å². The molecule has 0 aliphatic carbocycles. The van der Waals surface area contributed by atoms with Crippen molar-refractivity contribution in [1.29, 1.82) is 5.26 Å². The highest BCUT2D eigenvalue weighted by Crippen LogP contribution is 2.46. The molecule has 12 aromatic rings. The molecule has 0 bridgehead atoms. The zero-order valence-corrected chi connectivity index (χ0v) is 31.8. The Hall–Kier alpha value is -8.13. The molecule has 0 unspecified atom stereocenters. The summed E-state index contributed by atoms with van der Waals surface area (Å²) in [6, 6.07) is 67.3. The highest BCUT2D eigenvalue weighted by molar-refractivity contribution is 6.27. The third kappa shape index (κ3) is 5.16. The molecule has 4 heteroatoms. The molecule has 272 valence electrons. The van der Waals surface area contributed by atoms with Gasteiger partial charge in [-0.2, -0.15) is 5.26 Å². The maximum absolute atomic E-state index is 10.0. The number of fused-ring (bicyclic) bond motifs is 5. The molecule has 0 radical (unpaired) electrons. The van der Waals surface area contributed by atoms with Gasteiger partial charge in [0, 0.05) is 40.0 Å². The van der Waals surface area contributed by atoms with Gasteiger partial charge in [-0.3, -0.25) is 9.97 Å². The van der Waals surface area contributed by atoms with Crippen molar-refractivity contribution in [3.63, 3.8) is 0 Å². The van der Waals surface area contributed by atoms with Crippen molar-refractivity contribution >= 4 is 64.9 Å². The summed E-state index contributed by atoms with van der Waals surface area (Å²) in [4.78, 5) is 9.50. The van der Waals surface area contributed by atoms with E-state index < -0.39 is 0 Å². The molecule has 4 nitrogen and oxygen atoms in total. The van der Waals surface area contributed by atoms with Crippen LogP contribution in [0.1, 0.15) is 5.56 Å². The third-order valence-corrected chi connectivity index (χ3v) is 12.0. The average molecular weight is 749 g/mol. The molecule has 0 aliphatic rings. The Labute approximate surface area is 339 Å². The van der Waals surface area contributed by atoms with Crippen LogP contribution in [0.25, 0.3) is 115 Å². The van der Waals surface area contributed by atoms with Gasteiger partial charge in [-0.05, 0) is 156 Å². The first-order chi connectivity index (χ1) is 29.2. The lowest BCUT2D eigenvalue weighted by molar-refractivity contribution is 1.18. The Bertz CT molecular complexity index is 3600. The van der Waals surface area contributed by atoms with Crippen molar-refractivity contribution in [3.05, 3.63) is 200 Å². The molecule has 3 aromatic heterocycles. The monoisotopic (exact) mass is 748 g/mol. The minimum Gasteiger partial charge on any atom is -0.309 e. The van der Waals surface area contributed by atoms with E-state index in [4.69, 9.17) is 9.97 Å². The molecule has 0 atom stereocenters. The molecule has 0 N–H and O–H groups in total. The third-order valence-electron chi connectivity index (χ3n) is 12.0. The fraction of sp³-hybridized carbons (Fsp3) is 0. The van der Waals surface area contributed by atoms with Crippen LogP contribution in [0, 0.1) is 11.3 Å². The van der Waals surface area contributed by atoms with E-state index in [-0.39, 0.29) is 0 Å². The molecule has 0 amide bonds. The summed E-state index contributed by atoms with van der Waals surface area (Å²) in [5.74, 6) is 0. The van der Waals surface area contributed by atoms with E-state index in [1.807, 2.05) is 54.9 Å². The first-order valence-corrected chi connectivity index (χ1v) is 19.9. The lowest BCUT2D eigenvalue weighted by atomic mass is 9.86. The van der Waals surface area contributed by atoms with Gasteiger partial charge < -0.3 is 4.57 Å². The number of benzene rings is 9. The molecule has 0 aliphatic heterocycles. The lowest BCUT2D eigenvalue weighted by Crippen LogP contribution is -1.94. The van der Waals surface area contributed by atoms with Gasteiger partial charge in [-0.15, -0.1) is 0 Å². The number of hydrogen-bond donors (Lipinski definition) is 0. The molecule has 0 fully saturated rings. The molecule has 3 heterocycles. The number of aromatic nitrogens is 3. The number of nitrogens with zero attached hydrogens (tertiary/aromatic N) is 4. The van der Waals surface area contributed by atoms with Crippen LogP contribution in [0.5, 0.6) is 0 Å². The number of pyridine rings is 2. The average Bonchev–Trinajstić information content (AvgIpc) is 3.65. The van der Waals surface area contributed by atoms with E-state index in [1.165, 1.54) is 54.0 Å². The summed E-state index contributed by atoms with van der Waals surface area (Å²) >= 11 is 0. The highest BCUT2D eigenvalue weighted by Gasteiger charge is 2.21. The van der Waals surface area contributed by atoms with Gasteiger partial charge >= 0.3 is 0 Å². The quantitative estimate of drug-likeness (QED) is 0.165. The van der Waals surface area contributed by atoms with Crippen LogP contribution in [-0.4, -0.2) is 14.5 Å². The second kappa shape index (κ2) is 13.0. The minimum absolute atomic E-state index is 0.656. The summed E-state index contributed by atoms with van der Waals surface area (Å²) in [5.41, 5.74) is 12.4. The van der Waals surface area contributed by atoms with Gasteiger partial charge in [0.25, 0.3) is 0 Å². The summed E-state index contributed by atoms with van der Waals surface area (Å²) in [7, 11) is 0. The van der Waals surface area contributed by atoms with Gasteiger partial charge in [0.1, 0.15) is 0 Å². The zero-order chi connectivity index (χ0) is 39.0. The van der Waals surface area contributed by atoms with Crippen molar-refractivity contribution in [2.75, 3.05) is 0 Å². The van der Waals surface area contributed by atoms with E-state index in [2.05, 4.69) is 150 Å². The fourth-order valence-electron chi connectivity index (χ4n) is 9.42. The normalized spacial score (nSPS) is 11.7. The first-order valence-electron chi connectivity index (χ1n) is 19.9. The minimum atomic E-state index is 0.656. The van der Waals surface area contributed by atoms with E-state index >= 15 is 0 Å². The topological polar surface area (TPSA) is 54.5 Å². The molecule has 0 spiro atoms. The van der Waals surface area contributed by atoms with Gasteiger partial charge in [-0.25, -0.2) is 0 Å². The Morgan fingerprint density at radius 2 is 0.881 bits per heavy atom. The summed E-state index contributed by atoms with van der Waals surface area (Å²) in [6.45, 7) is 0. The molecule has 0 saturated carbocycles. The molecular weight excluding hydrogens is 717 g/mol. The fourth-order valence-corrected chi connectivity index (χ4v) is 9.42. The lowest BCUT2D eigenvalue weighted by Gasteiger charge is -2.17. The van der Waals surface area contributed by atoms with Crippen molar-refractivity contribution in [3.8, 4) is 56.5 Å². The van der Waals surface area contributed by atoms with Crippen molar-refractivity contribution < 1.29 is 0 Å². The predicted octanol–water partition coefficient (Wildman–Crippen LogP) is 14.2. The second-order valence-corrected chi connectivity index (χ2v) is 15.3. The SMILES string of the molecule is N#Cc1cc2ccc3cc(-c4cc5c6ccccc6c(-c6cc(-c7ccccn7)cc(-c7ccccn7)c6)cc5c5ccccc45)cc4c3c2c(c1)n4-c1ccccc1. The Morgan fingerprint density at radius 3 is 1.44 bits per heavy atom. The van der Waals surface area contributed by atoms with Crippen LogP contribution in [0.4, 0.5) is 0 Å². The Balaban J connectivity index is 1.14.